The SMILES string of the molecule is c1ccc2c(c1)CCC2c1nc([C@@H]2CCCN2)cs1. The third-order valence-corrected chi connectivity index (χ3v) is 5.36. The molecule has 3 heteroatoms. The lowest BCUT2D eigenvalue weighted by Crippen LogP contribution is -2.13. The van der Waals surface area contributed by atoms with Crippen LogP contribution in [0.25, 0.3) is 0 Å². The minimum Gasteiger partial charge on any atom is -0.309 e. The van der Waals surface area contributed by atoms with Crippen LogP contribution < -0.4 is 5.32 Å². The average Bonchev–Trinajstić information content (AvgIpc) is 3.18. The fraction of sp³-hybridized carbons (Fsp3) is 0.438. The van der Waals surface area contributed by atoms with Crippen molar-refractivity contribution in [2.24, 2.45) is 0 Å². The van der Waals surface area contributed by atoms with Crippen molar-refractivity contribution in [1.29, 1.82) is 0 Å². The lowest BCUT2D eigenvalue weighted by atomic mass is 10.0. The molecule has 0 radical (unpaired) electrons. The van der Waals surface area contributed by atoms with Crippen LogP contribution in [-0.2, 0) is 6.42 Å². The molecule has 0 saturated carbocycles. The van der Waals surface area contributed by atoms with Crippen molar-refractivity contribution in [1.82, 2.24) is 10.3 Å². The van der Waals surface area contributed by atoms with Crippen molar-refractivity contribution in [2.45, 2.75) is 37.6 Å². The van der Waals surface area contributed by atoms with Crippen LogP contribution in [0.3, 0.4) is 0 Å². The summed E-state index contributed by atoms with van der Waals surface area (Å²) in [6.07, 6.45) is 4.95. The van der Waals surface area contributed by atoms with Crippen molar-refractivity contribution in [3.05, 3.63) is 51.5 Å². The molecule has 2 aromatic rings. The number of thiazole rings is 1. The first-order valence-corrected chi connectivity index (χ1v) is 8.06. The molecule has 0 amide bonds. The summed E-state index contributed by atoms with van der Waals surface area (Å²) < 4.78 is 0. The molecule has 1 N–H and O–H groups in total. The van der Waals surface area contributed by atoms with Crippen molar-refractivity contribution in [3.8, 4) is 0 Å². The molecule has 1 aromatic carbocycles. The molecule has 19 heavy (non-hydrogen) atoms. The Morgan fingerprint density at radius 3 is 3.05 bits per heavy atom. The van der Waals surface area contributed by atoms with E-state index in [1.165, 1.54) is 47.5 Å². The highest BCUT2D eigenvalue weighted by Crippen LogP contribution is 2.40. The van der Waals surface area contributed by atoms with E-state index in [1.807, 2.05) is 11.3 Å². The Morgan fingerprint density at radius 2 is 2.16 bits per heavy atom. The molecule has 1 aromatic heterocycles. The summed E-state index contributed by atoms with van der Waals surface area (Å²) in [5.41, 5.74) is 4.29. The molecule has 4 rings (SSSR count). The first-order chi connectivity index (χ1) is 9.42. The Morgan fingerprint density at radius 1 is 1.21 bits per heavy atom. The highest BCUT2D eigenvalue weighted by atomic mass is 32.1. The van der Waals surface area contributed by atoms with Gasteiger partial charge in [-0.2, -0.15) is 0 Å². The number of fused-ring (bicyclic) bond motifs is 1. The zero-order chi connectivity index (χ0) is 12.7. The van der Waals surface area contributed by atoms with Crippen LogP contribution in [0.15, 0.2) is 29.6 Å². The van der Waals surface area contributed by atoms with Crippen molar-refractivity contribution < 1.29 is 0 Å². The number of hydrogen-bond acceptors (Lipinski definition) is 3. The molecule has 1 fully saturated rings. The summed E-state index contributed by atoms with van der Waals surface area (Å²) >= 11 is 1.85. The van der Waals surface area contributed by atoms with Crippen LogP contribution in [0, 0.1) is 0 Å². The van der Waals surface area contributed by atoms with E-state index in [4.69, 9.17) is 4.98 Å². The minimum atomic E-state index is 0.502. The first-order valence-electron chi connectivity index (χ1n) is 7.18. The average molecular weight is 270 g/mol. The molecule has 0 bridgehead atoms. The lowest BCUT2D eigenvalue weighted by molar-refractivity contribution is 0.626. The summed E-state index contributed by atoms with van der Waals surface area (Å²) in [5.74, 6) is 0.538. The molecular weight excluding hydrogens is 252 g/mol. The Labute approximate surface area is 117 Å². The fourth-order valence-corrected chi connectivity index (χ4v) is 4.40. The molecule has 1 unspecified atom stereocenters. The van der Waals surface area contributed by atoms with Gasteiger partial charge in [0, 0.05) is 11.3 Å². The summed E-state index contributed by atoms with van der Waals surface area (Å²) in [4.78, 5) is 4.93. The third kappa shape index (κ3) is 2.01. The first kappa shape index (κ1) is 11.6. The van der Waals surface area contributed by atoms with Gasteiger partial charge in [-0.15, -0.1) is 11.3 Å². The van der Waals surface area contributed by atoms with Crippen molar-refractivity contribution in [2.75, 3.05) is 6.54 Å². The predicted molar refractivity (Wildman–Crippen MR) is 78.7 cm³/mol. The van der Waals surface area contributed by atoms with Gasteiger partial charge in [0.1, 0.15) is 5.01 Å². The number of hydrogen-bond donors (Lipinski definition) is 1. The van der Waals surface area contributed by atoms with Crippen molar-refractivity contribution >= 4 is 11.3 Å². The van der Waals surface area contributed by atoms with Crippen LogP contribution in [0.4, 0.5) is 0 Å². The van der Waals surface area contributed by atoms with Gasteiger partial charge in [-0.1, -0.05) is 24.3 Å². The number of benzene rings is 1. The molecule has 2 heterocycles. The maximum absolute atomic E-state index is 4.93. The lowest BCUT2D eigenvalue weighted by Gasteiger charge is -2.09. The summed E-state index contributed by atoms with van der Waals surface area (Å²) in [5, 5.41) is 7.12. The molecule has 1 aliphatic carbocycles. The van der Waals surface area contributed by atoms with Crippen LogP contribution in [0.5, 0.6) is 0 Å². The highest BCUT2D eigenvalue weighted by molar-refractivity contribution is 7.09. The summed E-state index contributed by atoms with van der Waals surface area (Å²) in [6.45, 7) is 1.14. The summed E-state index contributed by atoms with van der Waals surface area (Å²) in [7, 11) is 0. The maximum Gasteiger partial charge on any atom is 0.100 e. The molecular formula is C16H18N2S. The van der Waals surface area contributed by atoms with Crippen LogP contribution >= 0.6 is 11.3 Å². The van der Waals surface area contributed by atoms with Crippen LogP contribution in [-0.4, -0.2) is 11.5 Å². The van der Waals surface area contributed by atoms with Crippen LogP contribution in [0.2, 0.25) is 0 Å². The van der Waals surface area contributed by atoms with Crippen LogP contribution in [0.1, 0.15) is 53.1 Å². The molecule has 0 spiro atoms. The zero-order valence-corrected chi connectivity index (χ0v) is 11.7. The van der Waals surface area contributed by atoms with E-state index in [2.05, 4.69) is 35.0 Å². The van der Waals surface area contributed by atoms with E-state index in [1.54, 1.807) is 0 Å². The Hall–Kier alpha value is -1.19. The van der Waals surface area contributed by atoms with Gasteiger partial charge in [0.05, 0.1) is 11.7 Å². The van der Waals surface area contributed by atoms with Gasteiger partial charge >= 0.3 is 0 Å². The summed E-state index contributed by atoms with van der Waals surface area (Å²) in [6, 6.07) is 9.35. The fourth-order valence-electron chi connectivity index (χ4n) is 3.37. The molecule has 98 valence electrons. The Kier molecular flexibility index (Phi) is 2.89. The second kappa shape index (κ2) is 4.73. The number of aryl methyl sites for hydroxylation is 1. The third-order valence-electron chi connectivity index (χ3n) is 4.39. The van der Waals surface area contributed by atoms with Gasteiger partial charge in [0.25, 0.3) is 0 Å². The van der Waals surface area contributed by atoms with Gasteiger partial charge in [-0.05, 0) is 43.4 Å². The standard InChI is InChI=1S/C16H18N2S/c1-2-5-12-11(4-1)7-8-13(12)16-18-15(10-19-16)14-6-3-9-17-14/h1-2,4-5,10,13-14,17H,3,6-9H2/t13?,14-/m0/s1. The van der Waals surface area contributed by atoms with Gasteiger partial charge in [0.2, 0.25) is 0 Å². The zero-order valence-electron chi connectivity index (χ0n) is 10.9. The molecule has 2 atom stereocenters. The second-order valence-corrected chi connectivity index (χ2v) is 6.44. The van der Waals surface area contributed by atoms with E-state index in [-0.39, 0.29) is 0 Å². The predicted octanol–water partition coefficient (Wildman–Crippen LogP) is 3.65. The minimum absolute atomic E-state index is 0.502. The van der Waals surface area contributed by atoms with E-state index in [9.17, 15) is 0 Å². The normalized spacial score (nSPS) is 25.7. The Bertz CT molecular complexity index is 584. The van der Waals surface area contributed by atoms with Gasteiger partial charge < -0.3 is 5.32 Å². The molecule has 1 saturated heterocycles. The van der Waals surface area contributed by atoms with Gasteiger partial charge in [-0.3, -0.25) is 0 Å². The molecule has 1 aliphatic heterocycles. The number of nitrogens with zero attached hydrogens (tertiary/aromatic N) is 1. The highest BCUT2D eigenvalue weighted by Gasteiger charge is 2.27. The maximum atomic E-state index is 4.93. The van der Waals surface area contributed by atoms with E-state index >= 15 is 0 Å². The van der Waals surface area contributed by atoms with Crippen molar-refractivity contribution in [3.63, 3.8) is 0 Å². The van der Waals surface area contributed by atoms with Gasteiger partial charge in [-0.25, -0.2) is 4.98 Å². The second-order valence-electron chi connectivity index (χ2n) is 5.55. The smallest absolute Gasteiger partial charge is 0.100 e. The largest absolute Gasteiger partial charge is 0.309 e. The number of nitrogens with one attached hydrogen (secondary N) is 1. The Balaban J connectivity index is 1.63. The molecule has 2 aliphatic rings. The number of rotatable bonds is 2. The molecule has 2 nitrogen and oxygen atoms in total. The van der Waals surface area contributed by atoms with E-state index in [0.29, 0.717) is 12.0 Å². The number of aromatic nitrogens is 1. The van der Waals surface area contributed by atoms with E-state index < -0.39 is 0 Å². The van der Waals surface area contributed by atoms with Gasteiger partial charge in [0.15, 0.2) is 0 Å². The monoisotopic (exact) mass is 270 g/mol. The van der Waals surface area contributed by atoms with E-state index in [0.717, 1.165) is 6.54 Å². The quantitative estimate of drug-likeness (QED) is 0.901. The topological polar surface area (TPSA) is 24.9 Å².